The van der Waals surface area contributed by atoms with E-state index in [2.05, 4.69) is 24.8 Å². The number of nitrogen functional groups attached to an aromatic ring is 1. The Morgan fingerprint density at radius 2 is 1.95 bits per heavy atom. The largest absolute Gasteiger partial charge is 0.463 e. The zero-order chi connectivity index (χ0) is 14.4. The molecule has 3 N–H and O–H groups in total. The fourth-order valence-electron chi connectivity index (χ4n) is 2.07. The summed E-state index contributed by atoms with van der Waals surface area (Å²) in [5, 5.41) is 8.94. The predicted octanol–water partition coefficient (Wildman–Crippen LogP) is -0.643. The van der Waals surface area contributed by atoms with Crippen molar-refractivity contribution in [3.8, 4) is 6.01 Å². The van der Waals surface area contributed by atoms with Crippen LogP contribution in [0.15, 0.2) is 0 Å². The van der Waals surface area contributed by atoms with Gasteiger partial charge >= 0.3 is 6.01 Å². The summed E-state index contributed by atoms with van der Waals surface area (Å²) in [7, 11) is 0. The fraction of sp³-hybridized carbons (Fsp3) is 0.750. The Balaban J connectivity index is 2.00. The monoisotopic (exact) mass is 282 g/mol. The van der Waals surface area contributed by atoms with Crippen LogP contribution in [-0.4, -0.2) is 70.9 Å². The highest BCUT2D eigenvalue weighted by molar-refractivity contribution is 5.36. The molecule has 8 nitrogen and oxygen atoms in total. The number of aliphatic hydroxyl groups excluding tert-OH is 1. The number of piperazine rings is 1. The number of rotatable bonds is 6. The molecule has 1 fully saturated rings. The fourth-order valence-corrected chi connectivity index (χ4v) is 2.07. The molecular formula is C12H22N6O2. The topological polar surface area (TPSA) is 101 Å². The molecule has 0 bridgehead atoms. The quantitative estimate of drug-likeness (QED) is 0.710. The van der Waals surface area contributed by atoms with Crippen molar-refractivity contribution in [3.05, 3.63) is 0 Å². The van der Waals surface area contributed by atoms with Crippen molar-refractivity contribution in [3.63, 3.8) is 0 Å². The molecule has 0 aromatic carbocycles. The van der Waals surface area contributed by atoms with Crippen LogP contribution in [0.1, 0.15) is 13.3 Å². The van der Waals surface area contributed by atoms with Crippen molar-refractivity contribution in [2.45, 2.75) is 13.3 Å². The molecule has 0 radical (unpaired) electrons. The normalized spacial score (nSPS) is 16.4. The van der Waals surface area contributed by atoms with Crippen LogP contribution < -0.4 is 15.4 Å². The Morgan fingerprint density at radius 3 is 2.60 bits per heavy atom. The van der Waals surface area contributed by atoms with Gasteiger partial charge < -0.3 is 20.5 Å². The molecule has 1 aromatic heterocycles. The van der Waals surface area contributed by atoms with Gasteiger partial charge in [-0.25, -0.2) is 0 Å². The molecule has 1 saturated heterocycles. The molecular weight excluding hydrogens is 260 g/mol. The van der Waals surface area contributed by atoms with Crippen molar-refractivity contribution in [2.75, 3.05) is 56.6 Å². The van der Waals surface area contributed by atoms with E-state index in [1.165, 1.54) is 0 Å². The number of aromatic nitrogens is 3. The minimum atomic E-state index is 0.180. The summed E-state index contributed by atoms with van der Waals surface area (Å²) < 4.78 is 5.41. The minimum absolute atomic E-state index is 0.180. The molecule has 2 heterocycles. The molecule has 0 amide bonds. The maximum Gasteiger partial charge on any atom is 0.323 e. The van der Waals surface area contributed by atoms with Crippen molar-refractivity contribution in [1.82, 2.24) is 19.9 Å². The predicted molar refractivity (Wildman–Crippen MR) is 75.8 cm³/mol. The third-order valence-corrected chi connectivity index (χ3v) is 3.13. The second kappa shape index (κ2) is 7.20. The van der Waals surface area contributed by atoms with E-state index in [-0.39, 0.29) is 18.6 Å². The lowest BCUT2D eigenvalue weighted by molar-refractivity contribution is 0.188. The lowest BCUT2D eigenvalue weighted by Crippen LogP contribution is -2.47. The highest BCUT2D eigenvalue weighted by Gasteiger charge is 2.19. The molecule has 0 saturated carbocycles. The van der Waals surface area contributed by atoms with E-state index in [9.17, 15) is 0 Å². The van der Waals surface area contributed by atoms with Crippen LogP contribution in [0.3, 0.4) is 0 Å². The Labute approximate surface area is 118 Å². The lowest BCUT2D eigenvalue weighted by Gasteiger charge is -2.34. The van der Waals surface area contributed by atoms with Gasteiger partial charge in [-0.3, -0.25) is 4.90 Å². The molecule has 8 heteroatoms. The number of aliphatic hydroxyl groups is 1. The summed E-state index contributed by atoms with van der Waals surface area (Å²) in [6.07, 6.45) is 0.890. The summed E-state index contributed by atoms with van der Waals surface area (Å²) in [6, 6.07) is 0.284. The standard InChI is InChI=1S/C12H22N6O2/c1-2-9-20-12-15-10(13)14-11(16-12)18-5-3-17(4-6-18)7-8-19/h19H,2-9H2,1H3,(H2,13,14,15,16). The average Bonchev–Trinajstić information content (AvgIpc) is 2.46. The second-order valence-electron chi connectivity index (χ2n) is 4.68. The molecule has 20 heavy (non-hydrogen) atoms. The number of anilines is 2. The van der Waals surface area contributed by atoms with Crippen molar-refractivity contribution in [2.24, 2.45) is 0 Å². The van der Waals surface area contributed by atoms with E-state index >= 15 is 0 Å². The minimum Gasteiger partial charge on any atom is -0.463 e. The maximum absolute atomic E-state index is 8.94. The van der Waals surface area contributed by atoms with Gasteiger partial charge in [0.2, 0.25) is 11.9 Å². The Morgan fingerprint density at radius 1 is 1.20 bits per heavy atom. The van der Waals surface area contributed by atoms with Crippen LogP contribution in [0.25, 0.3) is 0 Å². The summed E-state index contributed by atoms with van der Waals surface area (Å²) in [6.45, 7) is 6.83. The van der Waals surface area contributed by atoms with Crippen LogP contribution in [0.4, 0.5) is 11.9 Å². The van der Waals surface area contributed by atoms with Crippen LogP contribution in [-0.2, 0) is 0 Å². The first kappa shape index (κ1) is 14.7. The summed E-state index contributed by atoms with van der Waals surface area (Å²) >= 11 is 0. The number of nitrogens with zero attached hydrogens (tertiary/aromatic N) is 5. The smallest absolute Gasteiger partial charge is 0.323 e. The molecule has 1 aliphatic heterocycles. The van der Waals surface area contributed by atoms with Gasteiger partial charge in [0.1, 0.15) is 0 Å². The molecule has 0 aliphatic carbocycles. The van der Waals surface area contributed by atoms with E-state index < -0.39 is 0 Å². The first-order valence-corrected chi connectivity index (χ1v) is 6.95. The van der Waals surface area contributed by atoms with Gasteiger partial charge in [0.05, 0.1) is 13.2 Å². The molecule has 112 valence electrons. The van der Waals surface area contributed by atoms with Crippen molar-refractivity contribution < 1.29 is 9.84 Å². The third-order valence-electron chi connectivity index (χ3n) is 3.13. The van der Waals surface area contributed by atoms with Gasteiger partial charge in [0.15, 0.2) is 0 Å². The van der Waals surface area contributed by atoms with Gasteiger partial charge in [0.25, 0.3) is 0 Å². The van der Waals surface area contributed by atoms with E-state index in [4.69, 9.17) is 15.6 Å². The van der Waals surface area contributed by atoms with Crippen molar-refractivity contribution >= 4 is 11.9 Å². The van der Waals surface area contributed by atoms with E-state index in [1.807, 2.05) is 6.92 Å². The Bertz CT molecular complexity index is 422. The molecule has 0 spiro atoms. The van der Waals surface area contributed by atoms with Crippen LogP contribution >= 0.6 is 0 Å². The zero-order valence-electron chi connectivity index (χ0n) is 11.8. The zero-order valence-corrected chi connectivity index (χ0v) is 11.8. The van der Waals surface area contributed by atoms with Gasteiger partial charge in [0, 0.05) is 32.7 Å². The molecule has 2 rings (SSSR count). The van der Waals surface area contributed by atoms with E-state index in [0.29, 0.717) is 19.1 Å². The highest BCUT2D eigenvalue weighted by Crippen LogP contribution is 2.15. The SMILES string of the molecule is CCCOc1nc(N)nc(N2CCN(CCO)CC2)n1. The molecule has 1 aromatic rings. The molecule has 0 atom stereocenters. The summed E-state index contributed by atoms with van der Waals surface area (Å²) in [5.74, 6) is 0.742. The van der Waals surface area contributed by atoms with E-state index in [1.54, 1.807) is 0 Å². The van der Waals surface area contributed by atoms with E-state index in [0.717, 1.165) is 32.6 Å². The Kier molecular flexibility index (Phi) is 5.31. The van der Waals surface area contributed by atoms with Crippen LogP contribution in [0.2, 0.25) is 0 Å². The number of ether oxygens (including phenoxy) is 1. The van der Waals surface area contributed by atoms with Crippen molar-refractivity contribution in [1.29, 1.82) is 0 Å². The number of β-amino-alcohol motifs (C(OH)–C–C–N with tert-alkyl or cyclic N) is 1. The number of hydrogen-bond donors (Lipinski definition) is 2. The lowest BCUT2D eigenvalue weighted by atomic mass is 10.3. The first-order chi connectivity index (χ1) is 9.72. The van der Waals surface area contributed by atoms with Crippen LogP contribution in [0, 0.1) is 0 Å². The van der Waals surface area contributed by atoms with Gasteiger partial charge in [-0.2, -0.15) is 15.0 Å². The Hall–Kier alpha value is -1.67. The molecule has 0 unspecified atom stereocenters. The van der Waals surface area contributed by atoms with Gasteiger partial charge in [-0.15, -0.1) is 0 Å². The summed E-state index contributed by atoms with van der Waals surface area (Å²) in [5.41, 5.74) is 5.70. The second-order valence-corrected chi connectivity index (χ2v) is 4.68. The maximum atomic E-state index is 8.94. The third kappa shape index (κ3) is 3.91. The van der Waals surface area contributed by atoms with Gasteiger partial charge in [-0.1, -0.05) is 6.92 Å². The first-order valence-electron chi connectivity index (χ1n) is 6.95. The van der Waals surface area contributed by atoms with Gasteiger partial charge in [-0.05, 0) is 6.42 Å². The number of hydrogen-bond acceptors (Lipinski definition) is 8. The average molecular weight is 282 g/mol. The summed E-state index contributed by atoms with van der Waals surface area (Å²) in [4.78, 5) is 16.7. The number of nitrogens with two attached hydrogens (primary N) is 1. The highest BCUT2D eigenvalue weighted by atomic mass is 16.5. The van der Waals surface area contributed by atoms with Crippen LogP contribution in [0.5, 0.6) is 6.01 Å². The molecule has 1 aliphatic rings.